The molecule has 2 aromatic heterocycles. The minimum absolute atomic E-state index is 0.0167. The van der Waals surface area contributed by atoms with Gasteiger partial charge in [0.05, 0.1) is 0 Å². The van der Waals surface area contributed by atoms with E-state index < -0.39 is 0 Å². The highest BCUT2D eigenvalue weighted by atomic mass is 16.3. The van der Waals surface area contributed by atoms with Crippen molar-refractivity contribution in [1.29, 1.82) is 0 Å². The van der Waals surface area contributed by atoms with Crippen molar-refractivity contribution in [2.45, 2.75) is 6.42 Å². The predicted octanol–water partition coefficient (Wildman–Crippen LogP) is 1.48. The van der Waals surface area contributed by atoms with E-state index in [0.29, 0.717) is 17.5 Å². The number of nitrogens with one attached hydrogen (secondary N) is 2. The first kappa shape index (κ1) is 12.1. The number of hydrogen-bond acceptors (Lipinski definition) is 6. The summed E-state index contributed by atoms with van der Waals surface area (Å²) in [6.45, 7) is 1.79. The number of aromatic nitrogens is 3. The molecule has 7 heteroatoms. The van der Waals surface area contributed by atoms with Crippen molar-refractivity contribution in [3.63, 3.8) is 0 Å². The molecule has 106 valence electrons. The molecule has 0 spiro atoms. The van der Waals surface area contributed by atoms with Crippen LogP contribution in [0.5, 0.6) is 5.88 Å². The number of hydrazine groups is 1. The van der Waals surface area contributed by atoms with Gasteiger partial charge in [0, 0.05) is 36.6 Å². The molecule has 0 amide bonds. The number of allylic oxidation sites excluding steroid dienone is 1. The molecule has 2 aliphatic heterocycles. The molecule has 4 heterocycles. The lowest BCUT2D eigenvalue weighted by Crippen LogP contribution is -2.31. The average Bonchev–Trinajstić information content (AvgIpc) is 3.21. The number of aromatic hydroxyl groups is 1. The van der Waals surface area contributed by atoms with Crippen molar-refractivity contribution in [2.75, 3.05) is 18.1 Å². The molecule has 0 aliphatic carbocycles. The molecule has 21 heavy (non-hydrogen) atoms. The van der Waals surface area contributed by atoms with Crippen LogP contribution >= 0.6 is 0 Å². The predicted molar refractivity (Wildman–Crippen MR) is 80.5 cm³/mol. The number of aromatic amines is 1. The Morgan fingerprint density at radius 1 is 1.38 bits per heavy atom. The number of rotatable bonds is 2. The van der Waals surface area contributed by atoms with Gasteiger partial charge >= 0.3 is 0 Å². The minimum atomic E-state index is -0.0167. The first-order chi connectivity index (χ1) is 10.3. The number of aliphatic imine (C=N–C) groups is 1. The Bertz CT molecular complexity index is 742. The Hall–Kier alpha value is -2.67. The summed E-state index contributed by atoms with van der Waals surface area (Å²) in [5.41, 5.74) is 5.61. The molecule has 0 radical (unpaired) electrons. The zero-order valence-electron chi connectivity index (χ0n) is 11.2. The third-order valence-electron chi connectivity index (χ3n) is 3.54. The van der Waals surface area contributed by atoms with Crippen molar-refractivity contribution in [1.82, 2.24) is 20.4 Å². The van der Waals surface area contributed by atoms with E-state index >= 15 is 0 Å². The summed E-state index contributed by atoms with van der Waals surface area (Å²) in [6.07, 6.45) is 6.35. The van der Waals surface area contributed by atoms with E-state index in [4.69, 9.17) is 0 Å². The summed E-state index contributed by atoms with van der Waals surface area (Å²) in [7, 11) is 0. The van der Waals surface area contributed by atoms with Crippen LogP contribution in [-0.2, 0) is 0 Å². The number of pyridine rings is 1. The maximum atomic E-state index is 10.00. The maximum Gasteiger partial charge on any atom is 0.238 e. The highest BCUT2D eigenvalue weighted by molar-refractivity contribution is 6.20. The zero-order valence-corrected chi connectivity index (χ0v) is 11.2. The van der Waals surface area contributed by atoms with Crippen molar-refractivity contribution in [3.05, 3.63) is 29.6 Å². The molecule has 0 unspecified atom stereocenters. The van der Waals surface area contributed by atoms with Gasteiger partial charge in [0.1, 0.15) is 5.69 Å². The third kappa shape index (κ3) is 2.07. The van der Waals surface area contributed by atoms with Crippen LogP contribution in [-0.4, -0.2) is 39.4 Å². The van der Waals surface area contributed by atoms with Crippen LogP contribution in [0.1, 0.15) is 17.7 Å². The zero-order chi connectivity index (χ0) is 14.2. The molecule has 7 nitrogen and oxygen atoms in total. The Kier molecular flexibility index (Phi) is 2.71. The number of hydrogen-bond donors (Lipinski definition) is 3. The molecule has 0 saturated carbocycles. The highest BCUT2D eigenvalue weighted by Gasteiger charge is 2.19. The van der Waals surface area contributed by atoms with E-state index in [0.717, 1.165) is 30.6 Å². The fourth-order valence-electron chi connectivity index (χ4n) is 2.50. The molecule has 0 bridgehead atoms. The van der Waals surface area contributed by atoms with E-state index in [-0.39, 0.29) is 5.88 Å². The summed E-state index contributed by atoms with van der Waals surface area (Å²) in [5, 5.41) is 11.9. The van der Waals surface area contributed by atoms with Gasteiger partial charge in [-0.3, -0.25) is 5.01 Å². The summed E-state index contributed by atoms with van der Waals surface area (Å²) in [6, 6.07) is 3.82. The molecular weight excluding hydrogens is 268 g/mol. The average molecular weight is 282 g/mol. The smallest absolute Gasteiger partial charge is 0.238 e. The molecule has 3 N–H and O–H groups in total. The lowest BCUT2D eigenvalue weighted by atomic mass is 10.1. The molecule has 2 aromatic rings. The lowest BCUT2D eigenvalue weighted by Gasteiger charge is -2.12. The van der Waals surface area contributed by atoms with Crippen molar-refractivity contribution >= 4 is 29.6 Å². The summed E-state index contributed by atoms with van der Waals surface area (Å²) in [5.74, 6) is 1.30. The van der Waals surface area contributed by atoms with Crippen LogP contribution in [0.15, 0.2) is 23.3 Å². The van der Waals surface area contributed by atoms with E-state index in [2.05, 4.69) is 25.4 Å². The lowest BCUT2D eigenvalue weighted by molar-refractivity contribution is 0.455. The van der Waals surface area contributed by atoms with Crippen LogP contribution in [0.3, 0.4) is 0 Å². The van der Waals surface area contributed by atoms with Crippen LogP contribution in [0.25, 0.3) is 11.6 Å². The van der Waals surface area contributed by atoms with Crippen molar-refractivity contribution in [2.24, 2.45) is 4.99 Å². The number of imidazole rings is 1. The van der Waals surface area contributed by atoms with E-state index in [1.54, 1.807) is 12.4 Å². The van der Waals surface area contributed by atoms with E-state index in [9.17, 15) is 5.11 Å². The molecule has 2 aliphatic rings. The van der Waals surface area contributed by atoms with Crippen molar-refractivity contribution in [3.8, 4) is 5.88 Å². The Labute approximate surface area is 121 Å². The van der Waals surface area contributed by atoms with Gasteiger partial charge in [-0.05, 0) is 24.6 Å². The van der Waals surface area contributed by atoms with Gasteiger partial charge < -0.3 is 10.1 Å². The second-order valence-corrected chi connectivity index (χ2v) is 4.94. The van der Waals surface area contributed by atoms with Gasteiger partial charge in [-0.25, -0.2) is 15.4 Å². The Morgan fingerprint density at radius 3 is 3.19 bits per heavy atom. The first-order valence-electron chi connectivity index (χ1n) is 6.82. The van der Waals surface area contributed by atoms with Crippen LogP contribution < -0.4 is 10.4 Å². The molecule has 4 rings (SSSR count). The topological polar surface area (TPSA) is 89.4 Å². The number of nitrogens with zero attached hydrogens (tertiary/aromatic N) is 4. The number of fused-ring (bicyclic) bond motifs is 1. The Morgan fingerprint density at radius 2 is 2.33 bits per heavy atom. The Balaban J connectivity index is 1.69. The normalized spacial score (nSPS) is 18.7. The standard InChI is InChI=1S/C14H14N6O/c21-13-11(18-14(19-13)20-6-2-5-17-20)7-9-8-16-12-10(9)3-1-4-15-12/h1,3-4,7-8,17,21H,2,5-6H2,(H,18,19). The highest BCUT2D eigenvalue weighted by Crippen LogP contribution is 2.31. The first-order valence-corrected chi connectivity index (χ1v) is 6.82. The summed E-state index contributed by atoms with van der Waals surface area (Å²) >= 11 is 0. The quantitative estimate of drug-likeness (QED) is 0.776. The van der Waals surface area contributed by atoms with Crippen LogP contribution in [0.4, 0.5) is 11.8 Å². The van der Waals surface area contributed by atoms with Crippen LogP contribution in [0, 0.1) is 0 Å². The molecule has 1 fully saturated rings. The van der Waals surface area contributed by atoms with Crippen LogP contribution in [0.2, 0.25) is 0 Å². The summed E-state index contributed by atoms with van der Waals surface area (Å²) < 4.78 is 0. The molecule has 1 saturated heterocycles. The SMILES string of the molecule is Oc1nc(N2CCCN2)[nH]c1C=C1C=Nc2ncccc21. The second-order valence-electron chi connectivity index (χ2n) is 4.94. The minimum Gasteiger partial charge on any atom is -0.492 e. The fourth-order valence-corrected chi connectivity index (χ4v) is 2.50. The molecular formula is C14H14N6O. The van der Waals surface area contributed by atoms with Crippen molar-refractivity contribution < 1.29 is 5.11 Å². The van der Waals surface area contributed by atoms with Gasteiger partial charge in [-0.1, -0.05) is 0 Å². The fraction of sp³-hybridized carbons (Fsp3) is 0.214. The molecule has 0 atom stereocenters. The van der Waals surface area contributed by atoms with E-state index in [1.165, 1.54) is 0 Å². The third-order valence-corrected chi connectivity index (χ3v) is 3.54. The maximum absolute atomic E-state index is 10.00. The largest absolute Gasteiger partial charge is 0.492 e. The monoisotopic (exact) mass is 282 g/mol. The van der Waals surface area contributed by atoms with Gasteiger partial charge in [-0.2, -0.15) is 4.98 Å². The van der Waals surface area contributed by atoms with Gasteiger partial charge in [0.15, 0.2) is 5.82 Å². The van der Waals surface area contributed by atoms with Gasteiger partial charge in [-0.15, -0.1) is 0 Å². The summed E-state index contributed by atoms with van der Waals surface area (Å²) in [4.78, 5) is 15.7. The molecule has 0 aromatic carbocycles. The van der Waals surface area contributed by atoms with E-state index in [1.807, 2.05) is 23.2 Å². The second kappa shape index (κ2) is 4.71. The van der Waals surface area contributed by atoms with Gasteiger partial charge in [0.25, 0.3) is 0 Å². The number of H-pyrrole nitrogens is 1. The van der Waals surface area contributed by atoms with Gasteiger partial charge in [0.2, 0.25) is 11.8 Å². The number of anilines is 1.